The van der Waals surface area contributed by atoms with E-state index >= 15 is 0 Å². The monoisotopic (exact) mass is 331 g/mol. The lowest BCUT2D eigenvalue weighted by Crippen LogP contribution is -2.38. The van der Waals surface area contributed by atoms with Gasteiger partial charge < -0.3 is 16.0 Å². The summed E-state index contributed by atoms with van der Waals surface area (Å²) in [5, 5.41) is 2.84. The average Bonchev–Trinajstić information content (AvgIpc) is 2.61. The fourth-order valence-electron chi connectivity index (χ4n) is 3.03. The number of rotatable bonds is 5. The van der Waals surface area contributed by atoms with Crippen LogP contribution in [-0.2, 0) is 4.79 Å². The molecule has 1 aliphatic carbocycles. The molecule has 0 radical (unpaired) electrons. The SMILES string of the molecule is CC(N)C(C)C(=O)Nc1ccc(C(=O)N(C)C2CCCCC2)cc1. The van der Waals surface area contributed by atoms with E-state index in [9.17, 15) is 9.59 Å². The van der Waals surface area contributed by atoms with Crippen molar-refractivity contribution in [2.75, 3.05) is 12.4 Å². The highest BCUT2D eigenvalue weighted by molar-refractivity contribution is 5.96. The molecular weight excluding hydrogens is 302 g/mol. The molecule has 0 aromatic heterocycles. The van der Waals surface area contributed by atoms with Crippen molar-refractivity contribution in [1.29, 1.82) is 0 Å². The van der Waals surface area contributed by atoms with E-state index in [0.29, 0.717) is 17.3 Å². The molecule has 0 heterocycles. The Morgan fingerprint density at radius 1 is 1.12 bits per heavy atom. The minimum atomic E-state index is -0.260. The van der Waals surface area contributed by atoms with Crippen molar-refractivity contribution in [1.82, 2.24) is 4.90 Å². The second-order valence-electron chi connectivity index (χ2n) is 6.92. The summed E-state index contributed by atoms with van der Waals surface area (Å²) in [5.41, 5.74) is 7.09. The molecule has 24 heavy (non-hydrogen) atoms. The molecule has 2 atom stereocenters. The van der Waals surface area contributed by atoms with Gasteiger partial charge in [0.05, 0.1) is 5.92 Å². The number of carbonyl (C=O) groups excluding carboxylic acids is 2. The third-order valence-electron chi connectivity index (χ3n) is 5.04. The molecule has 5 heteroatoms. The number of nitrogens with one attached hydrogen (secondary N) is 1. The number of amides is 2. The van der Waals surface area contributed by atoms with Crippen molar-refractivity contribution in [3.63, 3.8) is 0 Å². The zero-order chi connectivity index (χ0) is 17.7. The summed E-state index contributed by atoms with van der Waals surface area (Å²) in [4.78, 5) is 26.5. The van der Waals surface area contributed by atoms with Crippen LogP contribution in [0.3, 0.4) is 0 Å². The topological polar surface area (TPSA) is 75.4 Å². The first-order valence-electron chi connectivity index (χ1n) is 8.84. The van der Waals surface area contributed by atoms with Gasteiger partial charge >= 0.3 is 0 Å². The molecule has 1 fully saturated rings. The van der Waals surface area contributed by atoms with Gasteiger partial charge in [0.15, 0.2) is 0 Å². The largest absolute Gasteiger partial charge is 0.339 e. The van der Waals surface area contributed by atoms with Gasteiger partial charge in [0.2, 0.25) is 5.91 Å². The molecule has 0 aliphatic heterocycles. The summed E-state index contributed by atoms with van der Waals surface area (Å²) in [5.74, 6) is -0.323. The number of hydrogen-bond donors (Lipinski definition) is 2. The molecular formula is C19H29N3O2. The van der Waals surface area contributed by atoms with E-state index in [1.165, 1.54) is 19.3 Å². The Hall–Kier alpha value is -1.88. The van der Waals surface area contributed by atoms with Crippen LogP contribution < -0.4 is 11.1 Å². The first-order chi connectivity index (χ1) is 11.4. The highest BCUT2D eigenvalue weighted by Crippen LogP contribution is 2.23. The molecule has 132 valence electrons. The van der Waals surface area contributed by atoms with Gasteiger partial charge in [0.1, 0.15) is 0 Å². The second kappa shape index (κ2) is 8.29. The van der Waals surface area contributed by atoms with E-state index in [0.717, 1.165) is 12.8 Å². The maximum Gasteiger partial charge on any atom is 0.253 e. The lowest BCUT2D eigenvalue weighted by Gasteiger charge is -2.31. The fraction of sp³-hybridized carbons (Fsp3) is 0.579. The van der Waals surface area contributed by atoms with Crippen LogP contribution in [0, 0.1) is 5.92 Å². The van der Waals surface area contributed by atoms with Crippen molar-refractivity contribution >= 4 is 17.5 Å². The molecule has 1 saturated carbocycles. The summed E-state index contributed by atoms with van der Waals surface area (Å²) in [6.45, 7) is 3.62. The Balaban J connectivity index is 1.98. The van der Waals surface area contributed by atoms with Crippen molar-refractivity contribution < 1.29 is 9.59 Å². The number of anilines is 1. The van der Waals surface area contributed by atoms with Crippen LogP contribution in [0.15, 0.2) is 24.3 Å². The molecule has 1 aromatic rings. The summed E-state index contributed by atoms with van der Waals surface area (Å²) in [6.07, 6.45) is 5.85. The van der Waals surface area contributed by atoms with Crippen LogP contribution >= 0.6 is 0 Å². The standard InChI is InChI=1S/C19H29N3O2/c1-13(14(2)20)18(23)21-16-11-9-15(10-12-16)19(24)22(3)17-7-5-4-6-8-17/h9-14,17H,4-8,20H2,1-3H3,(H,21,23). The Morgan fingerprint density at radius 3 is 2.25 bits per heavy atom. The first kappa shape index (κ1) is 18.5. The van der Waals surface area contributed by atoms with Crippen LogP contribution in [0.25, 0.3) is 0 Å². The fourth-order valence-corrected chi connectivity index (χ4v) is 3.03. The lowest BCUT2D eigenvalue weighted by atomic mass is 9.94. The molecule has 2 rings (SSSR count). The van der Waals surface area contributed by atoms with Gasteiger partial charge in [0.25, 0.3) is 5.91 Å². The number of nitrogens with two attached hydrogens (primary N) is 1. The van der Waals surface area contributed by atoms with Crippen molar-refractivity contribution in [2.24, 2.45) is 11.7 Å². The molecule has 3 N–H and O–H groups in total. The summed E-state index contributed by atoms with van der Waals surface area (Å²) < 4.78 is 0. The maximum absolute atomic E-state index is 12.6. The van der Waals surface area contributed by atoms with Crippen LogP contribution in [-0.4, -0.2) is 35.8 Å². The quantitative estimate of drug-likeness (QED) is 0.871. The Morgan fingerprint density at radius 2 is 1.71 bits per heavy atom. The molecule has 2 amide bonds. The van der Waals surface area contributed by atoms with E-state index in [-0.39, 0.29) is 23.8 Å². The summed E-state index contributed by atoms with van der Waals surface area (Å²) >= 11 is 0. The smallest absolute Gasteiger partial charge is 0.253 e. The molecule has 1 aromatic carbocycles. The molecule has 0 bridgehead atoms. The van der Waals surface area contributed by atoms with E-state index in [4.69, 9.17) is 5.73 Å². The molecule has 1 aliphatic rings. The van der Waals surface area contributed by atoms with Gasteiger partial charge in [-0.1, -0.05) is 26.2 Å². The minimum Gasteiger partial charge on any atom is -0.339 e. The van der Waals surface area contributed by atoms with Crippen molar-refractivity contribution in [3.05, 3.63) is 29.8 Å². The van der Waals surface area contributed by atoms with Gasteiger partial charge in [-0.3, -0.25) is 9.59 Å². The summed E-state index contributed by atoms with van der Waals surface area (Å²) in [6, 6.07) is 7.23. The molecule has 0 spiro atoms. The predicted molar refractivity (Wildman–Crippen MR) is 96.9 cm³/mol. The highest BCUT2D eigenvalue weighted by atomic mass is 16.2. The van der Waals surface area contributed by atoms with Crippen LogP contribution in [0.2, 0.25) is 0 Å². The van der Waals surface area contributed by atoms with Crippen LogP contribution in [0.5, 0.6) is 0 Å². The van der Waals surface area contributed by atoms with E-state index < -0.39 is 0 Å². The molecule has 5 nitrogen and oxygen atoms in total. The van der Waals surface area contributed by atoms with Crippen molar-refractivity contribution in [3.8, 4) is 0 Å². The minimum absolute atomic E-state index is 0.0451. The average molecular weight is 331 g/mol. The number of benzene rings is 1. The van der Waals surface area contributed by atoms with Crippen LogP contribution in [0.4, 0.5) is 5.69 Å². The van der Waals surface area contributed by atoms with Gasteiger partial charge in [0, 0.05) is 30.4 Å². The Bertz CT molecular complexity index is 562. The first-order valence-corrected chi connectivity index (χ1v) is 8.84. The third-order valence-corrected chi connectivity index (χ3v) is 5.04. The second-order valence-corrected chi connectivity index (χ2v) is 6.92. The van der Waals surface area contributed by atoms with E-state index in [1.807, 2.05) is 18.9 Å². The van der Waals surface area contributed by atoms with Crippen molar-refractivity contribution in [2.45, 2.75) is 58.0 Å². The zero-order valence-corrected chi connectivity index (χ0v) is 14.9. The Labute approximate surface area is 144 Å². The van der Waals surface area contributed by atoms with Gasteiger partial charge in [-0.15, -0.1) is 0 Å². The lowest BCUT2D eigenvalue weighted by molar-refractivity contribution is -0.119. The van der Waals surface area contributed by atoms with Crippen LogP contribution in [0.1, 0.15) is 56.3 Å². The van der Waals surface area contributed by atoms with E-state index in [1.54, 1.807) is 31.2 Å². The highest BCUT2D eigenvalue weighted by Gasteiger charge is 2.23. The van der Waals surface area contributed by atoms with E-state index in [2.05, 4.69) is 5.32 Å². The van der Waals surface area contributed by atoms with Gasteiger partial charge in [-0.25, -0.2) is 0 Å². The number of nitrogens with zero attached hydrogens (tertiary/aromatic N) is 1. The molecule has 2 unspecified atom stereocenters. The normalized spacial score (nSPS) is 17.8. The predicted octanol–water partition coefficient (Wildman–Crippen LogP) is 3.01. The third kappa shape index (κ3) is 4.57. The maximum atomic E-state index is 12.6. The molecule has 0 saturated heterocycles. The number of hydrogen-bond acceptors (Lipinski definition) is 3. The van der Waals surface area contributed by atoms with Gasteiger partial charge in [-0.05, 0) is 44.0 Å². The Kier molecular flexibility index (Phi) is 6.37. The number of carbonyl (C=O) groups is 2. The summed E-state index contributed by atoms with van der Waals surface area (Å²) in [7, 11) is 1.89. The van der Waals surface area contributed by atoms with Gasteiger partial charge in [-0.2, -0.15) is 0 Å². The zero-order valence-electron chi connectivity index (χ0n) is 14.9.